The zero-order valence-electron chi connectivity index (χ0n) is 10.9. The van der Waals surface area contributed by atoms with Gasteiger partial charge in [0.1, 0.15) is 0 Å². The van der Waals surface area contributed by atoms with E-state index in [2.05, 4.69) is 4.98 Å². The molecule has 0 saturated carbocycles. The van der Waals surface area contributed by atoms with Crippen LogP contribution in [0.15, 0.2) is 18.5 Å². The van der Waals surface area contributed by atoms with Crippen molar-refractivity contribution in [3.63, 3.8) is 0 Å². The number of carbonyl (C=O) groups excluding carboxylic acids is 1. The minimum atomic E-state index is -0.902. The molecular weight excluding hydrogens is 252 g/mol. The van der Waals surface area contributed by atoms with Gasteiger partial charge in [0.15, 0.2) is 11.6 Å². The van der Waals surface area contributed by atoms with Crippen molar-refractivity contribution in [2.24, 2.45) is 0 Å². The predicted molar refractivity (Wildman–Crippen MR) is 67.6 cm³/mol. The molecule has 4 nitrogen and oxygen atoms in total. The summed E-state index contributed by atoms with van der Waals surface area (Å²) in [6, 6.07) is 2.21. The van der Waals surface area contributed by atoms with Gasteiger partial charge in [-0.2, -0.15) is 0 Å². The van der Waals surface area contributed by atoms with E-state index in [1.807, 2.05) is 0 Å². The summed E-state index contributed by atoms with van der Waals surface area (Å²) in [6.45, 7) is 0.543. The fourth-order valence-electron chi connectivity index (χ4n) is 1.86. The SMILES string of the molecule is CN(C)C(=O)CCCn1cnc2cc(F)c(F)cc21. The molecule has 2 rings (SSSR count). The van der Waals surface area contributed by atoms with E-state index < -0.39 is 11.6 Å². The number of halogens is 2. The van der Waals surface area contributed by atoms with E-state index in [4.69, 9.17) is 0 Å². The van der Waals surface area contributed by atoms with E-state index in [0.29, 0.717) is 30.4 Å². The van der Waals surface area contributed by atoms with E-state index in [-0.39, 0.29) is 5.91 Å². The summed E-state index contributed by atoms with van der Waals surface area (Å²) in [6.07, 6.45) is 2.57. The van der Waals surface area contributed by atoms with Crippen LogP contribution in [-0.4, -0.2) is 34.5 Å². The van der Waals surface area contributed by atoms with Crippen LogP contribution >= 0.6 is 0 Å². The first-order valence-electron chi connectivity index (χ1n) is 5.99. The monoisotopic (exact) mass is 267 g/mol. The first-order valence-corrected chi connectivity index (χ1v) is 5.99. The molecule has 0 saturated heterocycles. The van der Waals surface area contributed by atoms with Crippen LogP contribution in [0.1, 0.15) is 12.8 Å². The Balaban J connectivity index is 2.09. The van der Waals surface area contributed by atoms with Gasteiger partial charge in [-0.05, 0) is 6.42 Å². The second-order valence-corrected chi connectivity index (χ2v) is 4.58. The third kappa shape index (κ3) is 2.89. The number of hydrogen-bond donors (Lipinski definition) is 0. The Labute approximate surface area is 109 Å². The Kier molecular flexibility index (Phi) is 3.78. The molecule has 0 atom stereocenters. The number of imidazole rings is 1. The number of nitrogens with zero attached hydrogens (tertiary/aromatic N) is 3. The highest BCUT2D eigenvalue weighted by atomic mass is 19.2. The van der Waals surface area contributed by atoms with Crippen LogP contribution in [0.4, 0.5) is 8.78 Å². The molecule has 1 amide bonds. The van der Waals surface area contributed by atoms with Crippen molar-refractivity contribution < 1.29 is 13.6 Å². The number of amides is 1. The fourth-order valence-corrected chi connectivity index (χ4v) is 1.86. The number of benzene rings is 1. The molecule has 0 fully saturated rings. The van der Waals surface area contributed by atoms with Crippen LogP contribution < -0.4 is 0 Å². The van der Waals surface area contributed by atoms with Crippen molar-refractivity contribution in [2.45, 2.75) is 19.4 Å². The molecule has 0 unspecified atom stereocenters. The van der Waals surface area contributed by atoms with E-state index in [1.54, 1.807) is 18.7 Å². The summed E-state index contributed by atoms with van der Waals surface area (Å²) < 4.78 is 27.9. The number of carbonyl (C=O) groups is 1. The van der Waals surface area contributed by atoms with Gasteiger partial charge in [-0.15, -0.1) is 0 Å². The van der Waals surface area contributed by atoms with Gasteiger partial charge < -0.3 is 9.47 Å². The van der Waals surface area contributed by atoms with Crippen molar-refractivity contribution >= 4 is 16.9 Å². The van der Waals surface area contributed by atoms with Gasteiger partial charge in [0.25, 0.3) is 0 Å². The molecule has 0 aliphatic carbocycles. The second-order valence-electron chi connectivity index (χ2n) is 4.58. The third-order valence-corrected chi connectivity index (χ3v) is 2.95. The Hall–Kier alpha value is -1.98. The van der Waals surface area contributed by atoms with E-state index in [0.717, 1.165) is 12.1 Å². The van der Waals surface area contributed by atoms with Crippen molar-refractivity contribution in [2.75, 3.05) is 14.1 Å². The number of aryl methyl sites for hydroxylation is 1. The molecule has 6 heteroatoms. The molecule has 2 aromatic rings. The van der Waals surface area contributed by atoms with E-state index in [1.165, 1.54) is 11.2 Å². The first kappa shape index (κ1) is 13.5. The zero-order valence-corrected chi connectivity index (χ0v) is 10.9. The van der Waals surface area contributed by atoms with Crippen LogP contribution in [0.5, 0.6) is 0 Å². The Bertz CT molecular complexity index is 607. The zero-order chi connectivity index (χ0) is 14.0. The Morgan fingerprint density at radius 2 is 2.00 bits per heavy atom. The number of aromatic nitrogens is 2. The maximum atomic E-state index is 13.2. The molecule has 1 aromatic heterocycles. The summed E-state index contributed by atoms with van der Waals surface area (Å²) in [5.74, 6) is -1.75. The highest BCUT2D eigenvalue weighted by molar-refractivity contribution is 5.76. The lowest BCUT2D eigenvalue weighted by Gasteiger charge is -2.10. The fraction of sp³-hybridized carbons (Fsp3) is 0.385. The predicted octanol–water partition coefficient (Wildman–Crippen LogP) is 2.18. The van der Waals surface area contributed by atoms with Crippen molar-refractivity contribution in [1.29, 1.82) is 0 Å². The highest BCUT2D eigenvalue weighted by Gasteiger charge is 2.09. The summed E-state index contributed by atoms with van der Waals surface area (Å²) >= 11 is 0. The molecule has 0 bridgehead atoms. The molecule has 19 heavy (non-hydrogen) atoms. The van der Waals surface area contributed by atoms with Crippen LogP contribution in [0.3, 0.4) is 0 Å². The third-order valence-electron chi connectivity index (χ3n) is 2.95. The molecule has 0 aliphatic rings. The molecule has 102 valence electrons. The van der Waals surface area contributed by atoms with Crippen LogP contribution in [0.2, 0.25) is 0 Å². The van der Waals surface area contributed by atoms with Gasteiger partial charge in [0.05, 0.1) is 17.4 Å². The quantitative estimate of drug-likeness (QED) is 0.851. The molecule has 0 spiro atoms. The first-order chi connectivity index (χ1) is 8.99. The lowest BCUT2D eigenvalue weighted by Crippen LogP contribution is -2.21. The maximum Gasteiger partial charge on any atom is 0.222 e. The summed E-state index contributed by atoms with van der Waals surface area (Å²) in [7, 11) is 3.40. The normalized spacial score (nSPS) is 10.9. The molecule has 1 aromatic carbocycles. The molecular formula is C13H15F2N3O. The standard InChI is InChI=1S/C13H15F2N3O/c1-17(2)13(19)4-3-5-18-8-16-11-6-9(14)10(15)7-12(11)18/h6-8H,3-5H2,1-2H3. The highest BCUT2D eigenvalue weighted by Crippen LogP contribution is 2.17. The van der Waals surface area contributed by atoms with Gasteiger partial charge in [0, 0.05) is 39.2 Å². The van der Waals surface area contributed by atoms with Gasteiger partial charge in [-0.25, -0.2) is 13.8 Å². The second kappa shape index (κ2) is 5.34. The molecule has 0 aliphatic heterocycles. The van der Waals surface area contributed by atoms with Gasteiger partial charge in [0.2, 0.25) is 5.91 Å². The van der Waals surface area contributed by atoms with Gasteiger partial charge >= 0.3 is 0 Å². The van der Waals surface area contributed by atoms with E-state index >= 15 is 0 Å². The maximum absolute atomic E-state index is 13.2. The molecule has 1 heterocycles. The van der Waals surface area contributed by atoms with Crippen molar-refractivity contribution in [3.05, 3.63) is 30.1 Å². The number of rotatable bonds is 4. The smallest absolute Gasteiger partial charge is 0.222 e. The summed E-state index contributed by atoms with van der Waals surface area (Å²) in [4.78, 5) is 17.0. The minimum Gasteiger partial charge on any atom is -0.349 e. The summed E-state index contributed by atoms with van der Waals surface area (Å²) in [5.41, 5.74) is 0.953. The van der Waals surface area contributed by atoms with Crippen LogP contribution in [0, 0.1) is 11.6 Å². The largest absolute Gasteiger partial charge is 0.349 e. The lowest BCUT2D eigenvalue weighted by molar-refractivity contribution is -0.128. The van der Waals surface area contributed by atoms with E-state index in [9.17, 15) is 13.6 Å². The molecule has 0 radical (unpaired) electrons. The minimum absolute atomic E-state index is 0.0432. The van der Waals surface area contributed by atoms with Crippen molar-refractivity contribution in [3.8, 4) is 0 Å². The lowest BCUT2D eigenvalue weighted by atomic mass is 10.2. The number of fused-ring (bicyclic) bond motifs is 1. The Morgan fingerprint density at radius 1 is 1.32 bits per heavy atom. The van der Waals surface area contributed by atoms with Crippen LogP contribution in [-0.2, 0) is 11.3 Å². The summed E-state index contributed by atoms with van der Waals surface area (Å²) in [5, 5.41) is 0. The van der Waals surface area contributed by atoms with Crippen LogP contribution in [0.25, 0.3) is 11.0 Å². The average molecular weight is 267 g/mol. The Morgan fingerprint density at radius 3 is 2.68 bits per heavy atom. The van der Waals surface area contributed by atoms with Gasteiger partial charge in [-0.3, -0.25) is 4.79 Å². The molecule has 0 N–H and O–H groups in total. The van der Waals surface area contributed by atoms with Gasteiger partial charge in [-0.1, -0.05) is 0 Å². The average Bonchev–Trinajstić information content (AvgIpc) is 2.72. The van der Waals surface area contributed by atoms with Crippen molar-refractivity contribution in [1.82, 2.24) is 14.5 Å². The number of hydrogen-bond acceptors (Lipinski definition) is 2. The topological polar surface area (TPSA) is 38.1 Å².